The number of piperidine rings is 1. The maximum atomic E-state index is 12.6. The molecule has 0 aliphatic carbocycles. The van der Waals surface area contributed by atoms with Crippen LogP contribution in [0, 0.1) is 0 Å². The average molecular weight is 351 g/mol. The lowest BCUT2D eigenvalue weighted by atomic mass is 10.0. The number of nitrogens with zero attached hydrogens (tertiary/aromatic N) is 3. The third-order valence-corrected chi connectivity index (χ3v) is 5.28. The Morgan fingerprint density at radius 1 is 1.19 bits per heavy atom. The topological polar surface area (TPSA) is 36.4 Å². The van der Waals surface area contributed by atoms with Gasteiger partial charge in [-0.1, -0.05) is 36.4 Å². The molecule has 0 spiro atoms. The van der Waals surface area contributed by atoms with Crippen molar-refractivity contribution in [3.63, 3.8) is 0 Å². The second-order valence-electron chi connectivity index (χ2n) is 7.23. The van der Waals surface area contributed by atoms with E-state index in [-0.39, 0.29) is 5.91 Å². The second-order valence-corrected chi connectivity index (χ2v) is 7.23. The van der Waals surface area contributed by atoms with Gasteiger partial charge in [0.15, 0.2) is 0 Å². The molecule has 1 fully saturated rings. The van der Waals surface area contributed by atoms with Gasteiger partial charge in [-0.05, 0) is 56.0 Å². The molecule has 1 atom stereocenters. The fourth-order valence-electron chi connectivity index (χ4n) is 3.71. The van der Waals surface area contributed by atoms with E-state index in [2.05, 4.69) is 40.2 Å². The Labute approximate surface area is 156 Å². The van der Waals surface area contributed by atoms with Gasteiger partial charge in [-0.15, -0.1) is 0 Å². The van der Waals surface area contributed by atoms with E-state index in [9.17, 15) is 4.79 Å². The summed E-state index contributed by atoms with van der Waals surface area (Å²) in [6, 6.07) is 14.9. The maximum absolute atomic E-state index is 12.6. The van der Waals surface area contributed by atoms with Crippen LogP contribution in [0.2, 0.25) is 0 Å². The zero-order valence-corrected chi connectivity index (χ0v) is 15.7. The maximum Gasteiger partial charge on any atom is 0.227 e. The zero-order valence-electron chi connectivity index (χ0n) is 15.7. The molecule has 4 nitrogen and oxygen atoms in total. The molecule has 1 saturated heterocycles. The van der Waals surface area contributed by atoms with Gasteiger partial charge in [-0.3, -0.25) is 9.78 Å². The molecule has 0 N–H and O–H groups in total. The number of aromatic nitrogens is 1. The first-order valence-electron chi connectivity index (χ1n) is 9.63. The van der Waals surface area contributed by atoms with Crippen molar-refractivity contribution in [1.82, 2.24) is 14.8 Å². The number of rotatable bonds is 7. The number of benzene rings is 1. The van der Waals surface area contributed by atoms with Gasteiger partial charge in [0, 0.05) is 32.0 Å². The highest BCUT2D eigenvalue weighted by atomic mass is 16.2. The van der Waals surface area contributed by atoms with Crippen molar-refractivity contribution in [3.8, 4) is 0 Å². The summed E-state index contributed by atoms with van der Waals surface area (Å²) in [5.74, 6) is 0.189. The van der Waals surface area contributed by atoms with E-state index >= 15 is 0 Å². The van der Waals surface area contributed by atoms with Crippen LogP contribution in [0.3, 0.4) is 0 Å². The number of likely N-dealkylation sites (N-methyl/N-ethyl adjacent to an activating group) is 1. The van der Waals surface area contributed by atoms with Crippen molar-refractivity contribution in [1.29, 1.82) is 0 Å². The Morgan fingerprint density at radius 3 is 2.77 bits per heavy atom. The van der Waals surface area contributed by atoms with Crippen molar-refractivity contribution in [3.05, 3.63) is 66.0 Å². The Kier molecular flexibility index (Phi) is 6.78. The van der Waals surface area contributed by atoms with Crippen LogP contribution >= 0.6 is 0 Å². The van der Waals surface area contributed by atoms with Crippen LogP contribution in [0.5, 0.6) is 0 Å². The van der Waals surface area contributed by atoms with Gasteiger partial charge in [0.2, 0.25) is 5.91 Å². The molecule has 26 heavy (non-hydrogen) atoms. The molecule has 4 heteroatoms. The van der Waals surface area contributed by atoms with Crippen LogP contribution in [0.1, 0.15) is 30.4 Å². The van der Waals surface area contributed by atoms with Crippen molar-refractivity contribution in [2.24, 2.45) is 0 Å². The molecule has 1 aromatic heterocycles. The second kappa shape index (κ2) is 9.48. The number of aryl methyl sites for hydroxylation is 1. The lowest BCUT2D eigenvalue weighted by Gasteiger charge is -2.37. The number of likely N-dealkylation sites (tertiary alicyclic amines) is 1. The molecule has 138 valence electrons. The van der Waals surface area contributed by atoms with E-state index in [1.54, 1.807) is 12.4 Å². The predicted molar refractivity (Wildman–Crippen MR) is 105 cm³/mol. The van der Waals surface area contributed by atoms with Crippen LogP contribution in [0.15, 0.2) is 54.9 Å². The van der Waals surface area contributed by atoms with Gasteiger partial charge in [0.25, 0.3) is 0 Å². The molecule has 0 radical (unpaired) electrons. The molecule has 0 bridgehead atoms. The summed E-state index contributed by atoms with van der Waals surface area (Å²) in [6.07, 6.45) is 8.52. The highest BCUT2D eigenvalue weighted by Crippen LogP contribution is 2.17. The fourth-order valence-corrected chi connectivity index (χ4v) is 3.71. The summed E-state index contributed by atoms with van der Waals surface area (Å²) in [5.41, 5.74) is 2.39. The molecule has 2 aromatic rings. The summed E-state index contributed by atoms with van der Waals surface area (Å²) in [5, 5.41) is 0. The number of hydrogen-bond acceptors (Lipinski definition) is 3. The molecule has 1 amide bonds. The normalized spacial score (nSPS) is 17.8. The van der Waals surface area contributed by atoms with Crippen LogP contribution < -0.4 is 0 Å². The molecule has 0 saturated carbocycles. The summed E-state index contributed by atoms with van der Waals surface area (Å²) >= 11 is 0. The Balaban J connectivity index is 1.45. The monoisotopic (exact) mass is 351 g/mol. The summed E-state index contributed by atoms with van der Waals surface area (Å²) < 4.78 is 0. The third kappa shape index (κ3) is 5.40. The lowest BCUT2D eigenvalue weighted by molar-refractivity contribution is -0.132. The first-order chi connectivity index (χ1) is 12.7. The molecule has 1 aliphatic rings. The Hall–Kier alpha value is -2.20. The van der Waals surface area contributed by atoms with E-state index < -0.39 is 0 Å². The quantitative estimate of drug-likeness (QED) is 0.769. The van der Waals surface area contributed by atoms with Crippen molar-refractivity contribution in [2.45, 2.75) is 38.1 Å². The van der Waals surface area contributed by atoms with Crippen LogP contribution in [0.4, 0.5) is 0 Å². The Morgan fingerprint density at radius 2 is 2.00 bits per heavy atom. The van der Waals surface area contributed by atoms with Crippen molar-refractivity contribution < 1.29 is 4.79 Å². The standard InChI is InChI=1S/C22H29N3O/c1-24(22(26)16-20-10-5-13-23-17-20)21-12-7-15-25(18-21)14-6-11-19-8-3-2-4-9-19/h2-5,8-10,13,17,21H,6-7,11-12,14-16,18H2,1H3/t21-/m1/s1. The Bertz CT molecular complexity index is 674. The molecular formula is C22H29N3O. The zero-order chi connectivity index (χ0) is 18.2. The number of pyridine rings is 1. The smallest absolute Gasteiger partial charge is 0.227 e. The highest BCUT2D eigenvalue weighted by molar-refractivity contribution is 5.78. The lowest BCUT2D eigenvalue weighted by Crippen LogP contribution is -2.49. The van der Waals surface area contributed by atoms with E-state index in [1.165, 1.54) is 18.4 Å². The SMILES string of the molecule is CN(C(=O)Cc1cccnc1)[C@@H]1CCCN(CCCc2ccccc2)C1. The minimum Gasteiger partial charge on any atom is -0.341 e. The summed E-state index contributed by atoms with van der Waals surface area (Å²) in [7, 11) is 1.96. The van der Waals surface area contributed by atoms with Crippen molar-refractivity contribution >= 4 is 5.91 Å². The van der Waals surface area contributed by atoms with E-state index in [4.69, 9.17) is 0 Å². The predicted octanol–water partition coefficient (Wildman–Crippen LogP) is 3.18. The van der Waals surface area contributed by atoms with Crippen LogP contribution in [0.25, 0.3) is 0 Å². The first kappa shape index (κ1) is 18.6. The van der Waals surface area contributed by atoms with Gasteiger partial charge in [0.1, 0.15) is 0 Å². The minimum absolute atomic E-state index is 0.189. The van der Waals surface area contributed by atoms with E-state index in [1.807, 2.05) is 24.1 Å². The van der Waals surface area contributed by atoms with Crippen LogP contribution in [-0.4, -0.2) is 53.4 Å². The molecule has 3 rings (SSSR count). The van der Waals surface area contributed by atoms with E-state index in [0.717, 1.165) is 38.0 Å². The number of carbonyl (C=O) groups is 1. The average Bonchev–Trinajstić information content (AvgIpc) is 2.69. The van der Waals surface area contributed by atoms with Gasteiger partial charge < -0.3 is 9.80 Å². The molecule has 0 unspecified atom stereocenters. The minimum atomic E-state index is 0.189. The van der Waals surface area contributed by atoms with Crippen molar-refractivity contribution in [2.75, 3.05) is 26.7 Å². The van der Waals surface area contributed by atoms with Gasteiger partial charge in [-0.25, -0.2) is 0 Å². The number of hydrogen-bond donors (Lipinski definition) is 0. The fraction of sp³-hybridized carbons (Fsp3) is 0.455. The summed E-state index contributed by atoms with van der Waals surface area (Å²) in [4.78, 5) is 21.2. The third-order valence-electron chi connectivity index (χ3n) is 5.28. The van der Waals surface area contributed by atoms with Crippen LogP contribution in [-0.2, 0) is 17.6 Å². The summed E-state index contributed by atoms with van der Waals surface area (Å²) in [6.45, 7) is 3.25. The van der Waals surface area contributed by atoms with Gasteiger partial charge >= 0.3 is 0 Å². The first-order valence-corrected chi connectivity index (χ1v) is 9.63. The van der Waals surface area contributed by atoms with E-state index in [0.29, 0.717) is 12.5 Å². The number of carbonyl (C=O) groups excluding carboxylic acids is 1. The van der Waals surface area contributed by atoms with Gasteiger partial charge in [-0.2, -0.15) is 0 Å². The molecule has 1 aliphatic heterocycles. The largest absolute Gasteiger partial charge is 0.341 e. The molecule has 1 aromatic carbocycles. The van der Waals surface area contributed by atoms with Gasteiger partial charge in [0.05, 0.1) is 6.42 Å². The number of amides is 1. The molecular weight excluding hydrogens is 322 g/mol. The molecule has 2 heterocycles. The highest BCUT2D eigenvalue weighted by Gasteiger charge is 2.25.